The number of rotatable bonds is 8. The molecule has 154 valence electrons. The van der Waals surface area contributed by atoms with Gasteiger partial charge in [-0.05, 0) is 43.4 Å². The first kappa shape index (κ1) is 21.3. The molecule has 3 rings (SSSR count). The minimum absolute atomic E-state index is 0.0451. The van der Waals surface area contributed by atoms with Gasteiger partial charge in [0, 0.05) is 13.1 Å². The van der Waals surface area contributed by atoms with Gasteiger partial charge in [0.1, 0.15) is 6.23 Å². The minimum atomic E-state index is -0.0836. The SMILES string of the molecule is CCOC(=O)C1CCCN([C@@H](C)OCC=C(c2ccccc2)c2ccccc2)C1. The van der Waals surface area contributed by atoms with Crippen molar-refractivity contribution in [3.8, 4) is 0 Å². The highest BCUT2D eigenvalue weighted by atomic mass is 16.5. The van der Waals surface area contributed by atoms with Crippen molar-refractivity contribution in [1.82, 2.24) is 4.90 Å². The molecule has 0 aromatic heterocycles. The number of likely N-dealkylation sites (tertiary alicyclic amines) is 1. The van der Waals surface area contributed by atoms with Crippen LogP contribution in [0.15, 0.2) is 66.7 Å². The van der Waals surface area contributed by atoms with Crippen LogP contribution < -0.4 is 0 Å². The lowest BCUT2D eigenvalue weighted by molar-refractivity contribution is -0.152. The molecule has 2 atom stereocenters. The number of ether oxygens (including phenoxy) is 2. The molecule has 2 aromatic carbocycles. The molecule has 4 nitrogen and oxygen atoms in total. The van der Waals surface area contributed by atoms with Crippen LogP contribution >= 0.6 is 0 Å². The Bertz CT molecular complexity index is 747. The summed E-state index contributed by atoms with van der Waals surface area (Å²) in [5.41, 5.74) is 3.52. The van der Waals surface area contributed by atoms with Gasteiger partial charge in [-0.25, -0.2) is 0 Å². The van der Waals surface area contributed by atoms with Crippen molar-refractivity contribution in [3.05, 3.63) is 77.9 Å². The molecule has 29 heavy (non-hydrogen) atoms. The van der Waals surface area contributed by atoms with Crippen LogP contribution in [0, 0.1) is 5.92 Å². The maximum Gasteiger partial charge on any atom is 0.310 e. The van der Waals surface area contributed by atoms with E-state index in [1.165, 1.54) is 16.7 Å². The number of benzene rings is 2. The number of carbonyl (C=O) groups is 1. The highest BCUT2D eigenvalue weighted by molar-refractivity contribution is 5.79. The zero-order valence-corrected chi connectivity index (χ0v) is 17.4. The van der Waals surface area contributed by atoms with E-state index in [4.69, 9.17) is 9.47 Å². The van der Waals surface area contributed by atoms with E-state index in [9.17, 15) is 4.79 Å². The van der Waals surface area contributed by atoms with Gasteiger partial charge in [0.2, 0.25) is 0 Å². The number of carbonyl (C=O) groups excluding carboxylic acids is 1. The van der Waals surface area contributed by atoms with Crippen molar-refractivity contribution in [2.45, 2.75) is 32.9 Å². The summed E-state index contributed by atoms with van der Waals surface area (Å²) < 4.78 is 11.3. The zero-order chi connectivity index (χ0) is 20.5. The van der Waals surface area contributed by atoms with Gasteiger partial charge in [0.05, 0.1) is 19.1 Å². The molecule has 1 saturated heterocycles. The predicted octanol–water partition coefficient (Wildman–Crippen LogP) is 4.76. The molecular weight excluding hydrogens is 362 g/mol. The first-order chi connectivity index (χ1) is 14.2. The van der Waals surface area contributed by atoms with E-state index < -0.39 is 0 Å². The van der Waals surface area contributed by atoms with Crippen LogP contribution in [0.25, 0.3) is 5.57 Å². The van der Waals surface area contributed by atoms with Gasteiger partial charge in [0.25, 0.3) is 0 Å². The van der Waals surface area contributed by atoms with Crippen molar-refractivity contribution in [3.63, 3.8) is 0 Å². The van der Waals surface area contributed by atoms with Crippen LogP contribution in [-0.2, 0) is 14.3 Å². The van der Waals surface area contributed by atoms with Gasteiger partial charge >= 0.3 is 5.97 Å². The maximum absolute atomic E-state index is 12.1. The number of piperidine rings is 1. The van der Waals surface area contributed by atoms with Crippen LogP contribution in [0.3, 0.4) is 0 Å². The number of hydrogen-bond donors (Lipinski definition) is 0. The molecule has 0 radical (unpaired) electrons. The van der Waals surface area contributed by atoms with Crippen molar-refractivity contribution in [1.29, 1.82) is 0 Å². The van der Waals surface area contributed by atoms with E-state index >= 15 is 0 Å². The molecule has 1 aliphatic rings. The smallest absolute Gasteiger partial charge is 0.310 e. The standard InChI is InChI=1S/C25H31NO3/c1-3-28-25(27)23-15-10-17-26(19-23)20(2)29-18-16-24(21-11-6-4-7-12-21)22-13-8-5-9-14-22/h4-9,11-14,16,20,23H,3,10,15,17-19H2,1-2H3/t20-,23?/m1/s1. The van der Waals surface area contributed by atoms with Crippen molar-refractivity contribution in [2.75, 3.05) is 26.3 Å². The predicted molar refractivity (Wildman–Crippen MR) is 116 cm³/mol. The van der Waals surface area contributed by atoms with E-state index in [2.05, 4.69) is 66.4 Å². The van der Waals surface area contributed by atoms with E-state index in [0.717, 1.165) is 19.4 Å². The van der Waals surface area contributed by atoms with Crippen LogP contribution in [-0.4, -0.2) is 43.4 Å². The molecule has 0 N–H and O–H groups in total. The Kier molecular flexibility index (Phi) is 8.03. The van der Waals surface area contributed by atoms with Gasteiger partial charge in [-0.2, -0.15) is 0 Å². The Morgan fingerprint density at radius 2 is 1.72 bits per heavy atom. The van der Waals surface area contributed by atoms with E-state index in [-0.39, 0.29) is 18.1 Å². The molecule has 1 aliphatic heterocycles. The molecule has 0 spiro atoms. The largest absolute Gasteiger partial charge is 0.466 e. The lowest BCUT2D eigenvalue weighted by Gasteiger charge is -2.35. The summed E-state index contributed by atoms with van der Waals surface area (Å²) in [4.78, 5) is 14.3. The summed E-state index contributed by atoms with van der Waals surface area (Å²) in [6.45, 7) is 6.52. The molecule has 0 amide bonds. The second kappa shape index (κ2) is 10.9. The topological polar surface area (TPSA) is 38.8 Å². The molecule has 2 aromatic rings. The Hall–Kier alpha value is -2.43. The summed E-state index contributed by atoms with van der Waals surface area (Å²) in [6, 6.07) is 20.8. The molecule has 0 saturated carbocycles. The highest BCUT2D eigenvalue weighted by Gasteiger charge is 2.29. The van der Waals surface area contributed by atoms with E-state index in [0.29, 0.717) is 19.8 Å². The van der Waals surface area contributed by atoms with Crippen LogP contribution in [0.4, 0.5) is 0 Å². The average Bonchev–Trinajstić information content (AvgIpc) is 2.78. The van der Waals surface area contributed by atoms with Crippen LogP contribution in [0.5, 0.6) is 0 Å². The lowest BCUT2D eigenvalue weighted by atomic mass is 9.98. The quantitative estimate of drug-likeness (QED) is 0.607. The summed E-state index contributed by atoms with van der Waals surface area (Å²) in [7, 11) is 0. The Morgan fingerprint density at radius 3 is 2.31 bits per heavy atom. The normalized spacial score (nSPS) is 18.1. The fourth-order valence-corrected chi connectivity index (χ4v) is 3.80. The Balaban J connectivity index is 1.64. The van der Waals surface area contributed by atoms with Gasteiger partial charge in [-0.1, -0.05) is 66.7 Å². The van der Waals surface area contributed by atoms with E-state index in [1.807, 2.05) is 19.1 Å². The molecule has 1 unspecified atom stereocenters. The first-order valence-electron chi connectivity index (χ1n) is 10.5. The van der Waals surface area contributed by atoms with Crippen molar-refractivity contribution < 1.29 is 14.3 Å². The molecule has 1 heterocycles. The monoisotopic (exact) mass is 393 g/mol. The highest BCUT2D eigenvalue weighted by Crippen LogP contribution is 2.24. The fraction of sp³-hybridized carbons (Fsp3) is 0.400. The summed E-state index contributed by atoms with van der Waals surface area (Å²) in [6.07, 6.45) is 3.99. The third-order valence-corrected chi connectivity index (χ3v) is 5.38. The average molecular weight is 394 g/mol. The third-order valence-electron chi connectivity index (χ3n) is 5.38. The number of esters is 1. The second-order valence-electron chi connectivity index (χ2n) is 7.37. The third kappa shape index (κ3) is 6.02. The fourth-order valence-electron chi connectivity index (χ4n) is 3.80. The molecule has 0 aliphatic carbocycles. The molecule has 4 heteroatoms. The molecular formula is C25H31NO3. The maximum atomic E-state index is 12.1. The minimum Gasteiger partial charge on any atom is -0.466 e. The van der Waals surface area contributed by atoms with Crippen LogP contribution in [0.1, 0.15) is 37.8 Å². The summed E-state index contributed by atoms with van der Waals surface area (Å²) >= 11 is 0. The Labute approximate surface area is 174 Å². The molecule has 1 fully saturated rings. The first-order valence-corrected chi connectivity index (χ1v) is 10.5. The Morgan fingerprint density at radius 1 is 1.10 bits per heavy atom. The van der Waals surface area contributed by atoms with Gasteiger partial charge in [-0.3, -0.25) is 9.69 Å². The summed E-state index contributed by atoms with van der Waals surface area (Å²) in [5.74, 6) is -0.130. The zero-order valence-electron chi connectivity index (χ0n) is 17.4. The molecule has 0 bridgehead atoms. The van der Waals surface area contributed by atoms with Crippen LogP contribution in [0.2, 0.25) is 0 Å². The number of nitrogens with zero attached hydrogens (tertiary/aromatic N) is 1. The number of hydrogen-bond acceptors (Lipinski definition) is 4. The van der Waals surface area contributed by atoms with E-state index in [1.54, 1.807) is 0 Å². The van der Waals surface area contributed by atoms with Gasteiger partial charge in [0.15, 0.2) is 0 Å². The van der Waals surface area contributed by atoms with Crippen molar-refractivity contribution >= 4 is 11.5 Å². The van der Waals surface area contributed by atoms with Crippen molar-refractivity contribution in [2.24, 2.45) is 5.92 Å². The van der Waals surface area contributed by atoms with Gasteiger partial charge in [-0.15, -0.1) is 0 Å². The summed E-state index contributed by atoms with van der Waals surface area (Å²) in [5, 5.41) is 0. The van der Waals surface area contributed by atoms with Gasteiger partial charge < -0.3 is 9.47 Å². The lowest BCUT2D eigenvalue weighted by Crippen LogP contribution is -2.45. The second-order valence-corrected chi connectivity index (χ2v) is 7.37.